The van der Waals surface area contributed by atoms with Crippen LogP contribution < -0.4 is 9.62 Å². The number of nitrogens with zero attached hydrogens (tertiary/aromatic N) is 2. The Labute approximate surface area is 266 Å². The largest absolute Gasteiger partial charge is 0.354 e. The first kappa shape index (κ1) is 34.4. The van der Waals surface area contributed by atoms with Crippen molar-refractivity contribution < 1.29 is 18.0 Å². The summed E-state index contributed by atoms with van der Waals surface area (Å²) < 4.78 is 26.9. The maximum Gasteiger partial charge on any atom is 0.243 e. The van der Waals surface area contributed by atoms with Gasteiger partial charge in [0.15, 0.2) is 0 Å². The molecule has 0 aromatic heterocycles. The molecule has 3 aromatic rings. The Morgan fingerprint density at radius 2 is 1.53 bits per heavy atom. The quantitative estimate of drug-likeness (QED) is 0.215. The maximum atomic E-state index is 14.0. The van der Waals surface area contributed by atoms with Crippen LogP contribution in [-0.4, -0.2) is 50.5 Å². The number of aryl methyl sites for hydroxylation is 1. The molecule has 232 valence electrons. The number of sulfonamides is 1. The summed E-state index contributed by atoms with van der Waals surface area (Å²) in [5, 5.41) is 3.78. The fourth-order valence-corrected chi connectivity index (χ4v) is 6.35. The molecule has 10 heteroatoms. The molecule has 0 unspecified atom stereocenters. The van der Waals surface area contributed by atoms with Gasteiger partial charge in [-0.3, -0.25) is 13.9 Å². The van der Waals surface area contributed by atoms with E-state index in [4.69, 9.17) is 23.2 Å². The fourth-order valence-electron chi connectivity index (χ4n) is 4.82. The van der Waals surface area contributed by atoms with Crippen molar-refractivity contribution in [2.24, 2.45) is 5.92 Å². The third kappa shape index (κ3) is 9.71. The van der Waals surface area contributed by atoms with E-state index in [1.807, 2.05) is 70.2 Å². The van der Waals surface area contributed by atoms with E-state index in [2.05, 4.69) is 5.32 Å². The van der Waals surface area contributed by atoms with Crippen LogP contribution in [0.3, 0.4) is 0 Å². The maximum absolute atomic E-state index is 14.0. The number of halogens is 2. The molecule has 0 aliphatic heterocycles. The van der Waals surface area contributed by atoms with Crippen LogP contribution >= 0.6 is 23.2 Å². The summed E-state index contributed by atoms with van der Waals surface area (Å²) in [4.78, 5) is 29.2. The highest BCUT2D eigenvalue weighted by molar-refractivity contribution is 7.92. The summed E-state index contributed by atoms with van der Waals surface area (Å²) in [6.45, 7) is 8.41. The summed E-state index contributed by atoms with van der Waals surface area (Å²) in [6.07, 6.45) is 1.72. The summed E-state index contributed by atoms with van der Waals surface area (Å²) >= 11 is 13.0. The highest BCUT2D eigenvalue weighted by Gasteiger charge is 2.31. The van der Waals surface area contributed by atoms with Gasteiger partial charge >= 0.3 is 0 Å². The molecule has 0 aliphatic carbocycles. The van der Waals surface area contributed by atoms with E-state index >= 15 is 0 Å². The number of nitrogens with one attached hydrogen (secondary N) is 1. The second kappa shape index (κ2) is 15.6. The van der Waals surface area contributed by atoms with Gasteiger partial charge in [-0.25, -0.2) is 8.42 Å². The Morgan fingerprint density at radius 1 is 0.907 bits per heavy atom. The Morgan fingerprint density at radius 3 is 2.14 bits per heavy atom. The topological polar surface area (TPSA) is 86.8 Å². The molecule has 7 nitrogen and oxygen atoms in total. The summed E-state index contributed by atoms with van der Waals surface area (Å²) in [7, 11) is -3.61. The number of benzene rings is 3. The van der Waals surface area contributed by atoms with Crippen molar-refractivity contribution in [1.82, 2.24) is 10.2 Å². The molecular weight excluding hydrogens is 605 g/mol. The SMILES string of the molecule is Cc1cccc(N(CCCC(=O)N(Cc2c(Cl)cccc2Cl)[C@@H](Cc2ccccc2)C(=O)NCC(C)C)S(C)(=O)=O)c1C. The lowest BCUT2D eigenvalue weighted by atomic mass is 10.0. The average molecular weight is 647 g/mol. The molecule has 0 bridgehead atoms. The smallest absolute Gasteiger partial charge is 0.243 e. The first-order valence-electron chi connectivity index (χ1n) is 14.4. The van der Waals surface area contributed by atoms with Crippen molar-refractivity contribution in [3.63, 3.8) is 0 Å². The van der Waals surface area contributed by atoms with Gasteiger partial charge < -0.3 is 10.2 Å². The molecule has 0 fully saturated rings. The predicted octanol–water partition coefficient (Wildman–Crippen LogP) is 6.57. The van der Waals surface area contributed by atoms with Crippen LogP contribution in [0, 0.1) is 19.8 Å². The first-order valence-corrected chi connectivity index (χ1v) is 17.0. The Hall–Kier alpha value is -3.07. The van der Waals surface area contributed by atoms with Gasteiger partial charge in [0.1, 0.15) is 6.04 Å². The van der Waals surface area contributed by atoms with Crippen molar-refractivity contribution in [3.05, 3.63) is 99.0 Å². The number of amides is 2. The lowest BCUT2D eigenvalue weighted by Crippen LogP contribution is -2.51. The normalized spacial score (nSPS) is 12.2. The van der Waals surface area contributed by atoms with E-state index in [1.54, 1.807) is 24.3 Å². The van der Waals surface area contributed by atoms with E-state index in [1.165, 1.54) is 9.21 Å². The summed E-state index contributed by atoms with van der Waals surface area (Å²) in [5.41, 5.74) is 3.86. The molecule has 2 amide bonds. The molecule has 0 radical (unpaired) electrons. The highest BCUT2D eigenvalue weighted by Crippen LogP contribution is 2.29. The third-order valence-electron chi connectivity index (χ3n) is 7.34. The van der Waals surface area contributed by atoms with Crippen LogP contribution in [0.25, 0.3) is 0 Å². The molecule has 1 N–H and O–H groups in total. The molecule has 1 atom stereocenters. The van der Waals surface area contributed by atoms with E-state index in [-0.39, 0.29) is 50.1 Å². The Kier molecular flexibility index (Phi) is 12.5. The monoisotopic (exact) mass is 645 g/mol. The van der Waals surface area contributed by atoms with Crippen molar-refractivity contribution >= 4 is 50.7 Å². The summed E-state index contributed by atoms with van der Waals surface area (Å²) in [6, 6.07) is 19.3. The second-order valence-electron chi connectivity index (χ2n) is 11.2. The average Bonchev–Trinajstić information content (AvgIpc) is 2.94. The second-order valence-corrected chi connectivity index (χ2v) is 13.9. The van der Waals surface area contributed by atoms with Crippen molar-refractivity contribution in [2.75, 3.05) is 23.7 Å². The highest BCUT2D eigenvalue weighted by atomic mass is 35.5. The number of anilines is 1. The van der Waals surface area contributed by atoms with Gasteiger partial charge in [0.25, 0.3) is 0 Å². The molecule has 0 saturated carbocycles. The molecule has 0 aliphatic rings. The van der Waals surface area contributed by atoms with Crippen LogP contribution in [0.5, 0.6) is 0 Å². The van der Waals surface area contributed by atoms with E-state index in [0.717, 1.165) is 22.9 Å². The van der Waals surface area contributed by atoms with Crippen LogP contribution in [0.1, 0.15) is 48.9 Å². The van der Waals surface area contributed by atoms with Gasteiger partial charge in [0.05, 0.1) is 11.9 Å². The number of carbonyl (C=O) groups excluding carboxylic acids is 2. The molecule has 43 heavy (non-hydrogen) atoms. The van der Waals surface area contributed by atoms with Gasteiger partial charge in [0.2, 0.25) is 21.8 Å². The zero-order valence-electron chi connectivity index (χ0n) is 25.4. The molecule has 0 spiro atoms. The number of hydrogen-bond acceptors (Lipinski definition) is 4. The zero-order valence-corrected chi connectivity index (χ0v) is 27.8. The molecule has 0 saturated heterocycles. The van der Waals surface area contributed by atoms with Crippen molar-refractivity contribution in [2.45, 2.75) is 59.5 Å². The van der Waals surface area contributed by atoms with Crippen molar-refractivity contribution in [1.29, 1.82) is 0 Å². The predicted molar refractivity (Wildman–Crippen MR) is 176 cm³/mol. The van der Waals surface area contributed by atoms with Gasteiger partial charge in [0, 0.05) is 48.1 Å². The molecular formula is C33H41Cl2N3O4S. The standard InChI is InChI=1S/C33H41Cl2N3O4S/c1-23(2)21-36-33(40)31(20-26-13-7-6-8-14-26)37(22-27-28(34)15-10-16-29(27)35)32(39)18-11-19-38(43(5,41)42)30-17-9-12-24(3)25(30)4/h6-10,12-17,23,31H,11,18-22H2,1-5H3,(H,36,40)/t31-/m0/s1. The minimum atomic E-state index is -3.61. The van der Waals surface area contributed by atoms with Crippen LogP contribution in [0.15, 0.2) is 66.7 Å². The summed E-state index contributed by atoms with van der Waals surface area (Å²) in [5.74, 6) is -0.358. The molecule has 0 heterocycles. The van der Waals surface area contributed by atoms with E-state index in [9.17, 15) is 18.0 Å². The lowest BCUT2D eigenvalue weighted by Gasteiger charge is -2.32. The van der Waals surface area contributed by atoms with Crippen molar-refractivity contribution in [3.8, 4) is 0 Å². The van der Waals surface area contributed by atoms with E-state index in [0.29, 0.717) is 27.8 Å². The Bertz CT molecular complexity index is 1490. The van der Waals surface area contributed by atoms with Crippen LogP contribution in [-0.2, 0) is 32.6 Å². The molecule has 3 rings (SSSR count). The number of hydrogen-bond donors (Lipinski definition) is 1. The fraction of sp³-hybridized carbons (Fsp3) is 0.394. The zero-order chi connectivity index (χ0) is 31.7. The minimum Gasteiger partial charge on any atom is -0.354 e. The Balaban J connectivity index is 1.94. The van der Waals surface area contributed by atoms with Gasteiger partial charge in [-0.05, 0) is 61.1 Å². The lowest BCUT2D eigenvalue weighted by molar-refractivity contribution is -0.141. The third-order valence-corrected chi connectivity index (χ3v) is 9.23. The van der Waals surface area contributed by atoms with Gasteiger partial charge in [-0.1, -0.05) is 85.6 Å². The van der Waals surface area contributed by atoms with E-state index < -0.39 is 16.1 Å². The first-order chi connectivity index (χ1) is 20.3. The number of rotatable bonds is 14. The van der Waals surface area contributed by atoms with Crippen LogP contribution in [0.2, 0.25) is 10.0 Å². The van der Waals surface area contributed by atoms with Gasteiger partial charge in [-0.15, -0.1) is 0 Å². The molecule has 3 aromatic carbocycles. The minimum absolute atomic E-state index is 0.0156. The van der Waals surface area contributed by atoms with Gasteiger partial charge in [-0.2, -0.15) is 0 Å². The number of carbonyl (C=O) groups is 2. The van der Waals surface area contributed by atoms with Crippen LogP contribution in [0.4, 0.5) is 5.69 Å².